The van der Waals surface area contributed by atoms with Crippen LogP contribution < -0.4 is 18.9 Å². The molecule has 1 atom stereocenters. The Bertz CT molecular complexity index is 953. The molecule has 0 N–H and O–H groups in total. The average Bonchev–Trinajstić information content (AvgIpc) is 2.81. The summed E-state index contributed by atoms with van der Waals surface area (Å²) < 4.78 is 27.3. The molecule has 0 spiro atoms. The fourth-order valence-corrected chi connectivity index (χ4v) is 2.83. The summed E-state index contributed by atoms with van der Waals surface area (Å²) >= 11 is 0. The maximum Gasteiger partial charge on any atom is 0.351 e. The van der Waals surface area contributed by atoms with Gasteiger partial charge in [-0.1, -0.05) is 42.5 Å². The molecule has 3 rings (SSSR count). The number of carbonyl (C=O) groups excluding carboxylic acids is 1. The summed E-state index contributed by atoms with van der Waals surface area (Å²) in [7, 11) is 4.46. The molecular formula is C24H24O6. The van der Waals surface area contributed by atoms with Crippen LogP contribution in [0.15, 0.2) is 72.8 Å². The summed E-state index contributed by atoms with van der Waals surface area (Å²) in [6, 6.07) is 22.0. The van der Waals surface area contributed by atoms with Crippen LogP contribution in [0.4, 0.5) is 0 Å². The maximum atomic E-state index is 12.4. The average molecular weight is 408 g/mol. The lowest BCUT2D eigenvalue weighted by molar-refractivity contribution is -0.149. The van der Waals surface area contributed by atoms with Crippen LogP contribution in [0.25, 0.3) is 0 Å². The maximum absolute atomic E-state index is 12.4. The SMILES string of the molecule is COC(=O)C(Oc1cc(OC)cc(OCc2ccccc2)c1)c1ccc(OC)cc1. The topological polar surface area (TPSA) is 63.2 Å². The number of ether oxygens (including phenoxy) is 5. The number of benzene rings is 3. The second-order valence-electron chi connectivity index (χ2n) is 6.41. The second-order valence-corrected chi connectivity index (χ2v) is 6.41. The van der Waals surface area contributed by atoms with E-state index in [1.165, 1.54) is 7.11 Å². The number of esters is 1. The molecule has 0 aromatic heterocycles. The zero-order valence-corrected chi connectivity index (χ0v) is 17.2. The van der Waals surface area contributed by atoms with Gasteiger partial charge in [-0.05, 0) is 17.7 Å². The molecule has 0 amide bonds. The number of carbonyl (C=O) groups is 1. The van der Waals surface area contributed by atoms with Crippen LogP contribution >= 0.6 is 0 Å². The van der Waals surface area contributed by atoms with Gasteiger partial charge in [-0.2, -0.15) is 0 Å². The fraction of sp³-hybridized carbons (Fsp3) is 0.208. The number of rotatable bonds is 9. The first-order valence-corrected chi connectivity index (χ1v) is 9.37. The molecule has 0 bridgehead atoms. The molecule has 6 heteroatoms. The van der Waals surface area contributed by atoms with Gasteiger partial charge in [0.1, 0.15) is 29.6 Å². The van der Waals surface area contributed by atoms with Crippen LogP contribution in [0.3, 0.4) is 0 Å². The minimum atomic E-state index is -0.949. The van der Waals surface area contributed by atoms with Crippen molar-refractivity contribution in [2.24, 2.45) is 0 Å². The highest BCUT2D eigenvalue weighted by Crippen LogP contribution is 2.32. The van der Waals surface area contributed by atoms with E-state index in [1.54, 1.807) is 56.7 Å². The molecule has 3 aromatic carbocycles. The Balaban J connectivity index is 1.83. The van der Waals surface area contributed by atoms with E-state index in [2.05, 4.69) is 0 Å². The Morgan fingerprint density at radius 3 is 2.03 bits per heavy atom. The second kappa shape index (κ2) is 10.2. The zero-order valence-electron chi connectivity index (χ0n) is 17.2. The van der Waals surface area contributed by atoms with Crippen molar-refractivity contribution in [3.63, 3.8) is 0 Å². The Hall–Kier alpha value is -3.67. The molecule has 3 aromatic rings. The summed E-state index contributed by atoms with van der Waals surface area (Å²) in [5.41, 5.74) is 1.67. The standard InChI is InChI=1S/C24H24O6/c1-26-19-11-9-18(10-12-19)23(24(25)28-3)30-22-14-20(27-2)13-21(15-22)29-16-17-7-5-4-6-8-17/h4-15,23H,16H2,1-3H3. The van der Waals surface area contributed by atoms with Gasteiger partial charge in [0.2, 0.25) is 6.10 Å². The first-order chi connectivity index (χ1) is 14.6. The molecule has 0 heterocycles. The Labute approximate surface area is 175 Å². The van der Waals surface area contributed by atoms with Crippen molar-refractivity contribution in [2.75, 3.05) is 21.3 Å². The van der Waals surface area contributed by atoms with E-state index >= 15 is 0 Å². The van der Waals surface area contributed by atoms with Crippen molar-refractivity contribution in [3.05, 3.63) is 83.9 Å². The van der Waals surface area contributed by atoms with E-state index in [1.807, 2.05) is 30.3 Å². The van der Waals surface area contributed by atoms with E-state index in [-0.39, 0.29) is 0 Å². The lowest BCUT2D eigenvalue weighted by Crippen LogP contribution is -2.20. The molecule has 0 saturated carbocycles. The predicted octanol–water partition coefficient (Wildman–Crippen LogP) is 4.58. The van der Waals surface area contributed by atoms with Gasteiger partial charge >= 0.3 is 5.97 Å². The van der Waals surface area contributed by atoms with Crippen LogP contribution in [0, 0.1) is 0 Å². The minimum Gasteiger partial charge on any atom is -0.497 e. The normalized spacial score (nSPS) is 11.3. The fourth-order valence-electron chi connectivity index (χ4n) is 2.83. The Kier molecular flexibility index (Phi) is 7.16. The number of hydrogen-bond donors (Lipinski definition) is 0. The largest absolute Gasteiger partial charge is 0.497 e. The van der Waals surface area contributed by atoms with Crippen LogP contribution in [0.2, 0.25) is 0 Å². The highest BCUT2D eigenvalue weighted by Gasteiger charge is 2.24. The van der Waals surface area contributed by atoms with Gasteiger partial charge in [0.15, 0.2) is 0 Å². The van der Waals surface area contributed by atoms with Crippen LogP contribution in [0.1, 0.15) is 17.2 Å². The summed E-state index contributed by atoms with van der Waals surface area (Å²) in [6.07, 6.45) is -0.949. The quantitative estimate of drug-likeness (QED) is 0.483. The lowest BCUT2D eigenvalue weighted by atomic mass is 10.1. The summed E-state index contributed by atoms with van der Waals surface area (Å²) in [5.74, 6) is 1.69. The van der Waals surface area contributed by atoms with Crippen molar-refractivity contribution in [2.45, 2.75) is 12.7 Å². The number of methoxy groups -OCH3 is 3. The van der Waals surface area contributed by atoms with Crippen molar-refractivity contribution < 1.29 is 28.5 Å². The monoisotopic (exact) mass is 408 g/mol. The lowest BCUT2D eigenvalue weighted by Gasteiger charge is -2.19. The third-order valence-electron chi connectivity index (χ3n) is 4.43. The summed E-state index contributed by atoms with van der Waals surface area (Å²) in [5, 5.41) is 0. The van der Waals surface area contributed by atoms with Gasteiger partial charge < -0.3 is 23.7 Å². The zero-order chi connectivity index (χ0) is 21.3. The van der Waals surface area contributed by atoms with E-state index < -0.39 is 12.1 Å². The Morgan fingerprint density at radius 1 is 0.767 bits per heavy atom. The van der Waals surface area contributed by atoms with Crippen LogP contribution in [0.5, 0.6) is 23.0 Å². The van der Waals surface area contributed by atoms with Gasteiger partial charge in [-0.25, -0.2) is 4.79 Å². The molecule has 0 aliphatic rings. The van der Waals surface area contributed by atoms with Gasteiger partial charge in [0.05, 0.1) is 21.3 Å². The van der Waals surface area contributed by atoms with Gasteiger partial charge in [-0.3, -0.25) is 0 Å². The van der Waals surface area contributed by atoms with Crippen molar-refractivity contribution in [3.8, 4) is 23.0 Å². The third kappa shape index (κ3) is 5.44. The first kappa shape index (κ1) is 21.0. The van der Waals surface area contributed by atoms with Crippen molar-refractivity contribution in [1.29, 1.82) is 0 Å². The smallest absolute Gasteiger partial charge is 0.351 e. The molecule has 1 unspecified atom stereocenters. The number of hydrogen-bond acceptors (Lipinski definition) is 6. The van der Waals surface area contributed by atoms with Gasteiger partial charge in [0.25, 0.3) is 0 Å². The molecule has 0 fully saturated rings. The van der Waals surface area contributed by atoms with Crippen molar-refractivity contribution in [1.82, 2.24) is 0 Å². The van der Waals surface area contributed by atoms with E-state index in [0.29, 0.717) is 35.2 Å². The predicted molar refractivity (Wildman–Crippen MR) is 112 cm³/mol. The summed E-state index contributed by atoms with van der Waals surface area (Å²) in [6.45, 7) is 0.395. The highest BCUT2D eigenvalue weighted by molar-refractivity contribution is 5.77. The first-order valence-electron chi connectivity index (χ1n) is 9.37. The molecule has 6 nitrogen and oxygen atoms in total. The van der Waals surface area contributed by atoms with Gasteiger partial charge in [0, 0.05) is 23.8 Å². The molecule has 156 valence electrons. The molecule has 0 saturated heterocycles. The summed E-state index contributed by atoms with van der Waals surface area (Å²) in [4.78, 5) is 12.4. The minimum absolute atomic E-state index is 0.395. The van der Waals surface area contributed by atoms with Crippen LogP contribution in [-0.2, 0) is 16.1 Å². The van der Waals surface area contributed by atoms with E-state index in [4.69, 9.17) is 23.7 Å². The van der Waals surface area contributed by atoms with E-state index in [0.717, 1.165) is 5.56 Å². The van der Waals surface area contributed by atoms with Gasteiger partial charge in [-0.15, -0.1) is 0 Å². The molecule has 30 heavy (non-hydrogen) atoms. The molecule has 0 aliphatic heterocycles. The van der Waals surface area contributed by atoms with E-state index in [9.17, 15) is 4.79 Å². The third-order valence-corrected chi connectivity index (χ3v) is 4.43. The molecular weight excluding hydrogens is 384 g/mol. The van der Waals surface area contributed by atoms with Crippen molar-refractivity contribution >= 4 is 5.97 Å². The molecule has 0 radical (unpaired) electrons. The van der Waals surface area contributed by atoms with Crippen LogP contribution in [-0.4, -0.2) is 27.3 Å². The molecule has 0 aliphatic carbocycles. The highest BCUT2D eigenvalue weighted by atomic mass is 16.6. The Morgan fingerprint density at radius 2 is 1.40 bits per heavy atom.